The fourth-order valence-corrected chi connectivity index (χ4v) is 207. The molecular weight excluding hydrogens is 1460 g/mol. The van der Waals surface area contributed by atoms with Crippen molar-refractivity contribution in [1.29, 1.82) is 0 Å². The van der Waals surface area contributed by atoms with Crippen molar-refractivity contribution in [1.82, 2.24) is 0 Å². The molecule has 4 aliphatic rings. The van der Waals surface area contributed by atoms with Crippen LogP contribution in [0, 0.1) is 16.7 Å². The quantitative estimate of drug-likeness (QED) is 0.0732. The van der Waals surface area contributed by atoms with Gasteiger partial charge < -0.3 is 32.7 Å². The average molecular weight is 1530 g/mol. The van der Waals surface area contributed by atoms with Crippen molar-refractivity contribution >= 4 is 291 Å². The second kappa shape index (κ2) is 30.8. The second-order valence-corrected chi connectivity index (χ2v) is 137. The molecule has 64 heavy (non-hydrogen) atoms. The van der Waals surface area contributed by atoms with E-state index in [-0.39, 0.29) is 18.3 Å². The van der Waals surface area contributed by atoms with Gasteiger partial charge in [0, 0.05) is 50.6 Å². The molecular formula is C21H67O8P35. The Labute approximate surface area is 447 Å². The monoisotopic (exact) mass is 1530 g/mol. The molecule has 1 spiro atoms. The van der Waals surface area contributed by atoms with Crippen molar-refractivity contribution in [3.8, 4) is 0 Å². The number of carbonyl (C=O) groups is 1. The summed E-state index contributed by atoms with van der Waals surface area (Å²) in [5.74, 6) is -0.652. The molecule has 2 bridgehead atoms. The maximum Gasteiger partial charge on any atom is 0.509 e. The first-order valence-electron chi connectivity index (χ1n) is 18.3. The Morgan fingerprint density at radius 1 is 0.641 bits per heavy atom. The van der Waals surface area contributed by atoms with E-state index in [1.165, 1.54) is 5.57 Å². The molecule has 0 aromatic rings. The van der Waals surface area contributed by atoms with Crippen molar-refractivity contribution in [2.75, 3.05) is 0 Å². The molecule has 43 heteroatoms. The van der Waals surface area contributed by atoms with Gasteiger partial charge in [0.05, 0.1) is 60.1 Å². The van der Waals surface area contributed by atoms with Crippen molar-refractivity contribution in [3.05, 3.63) is 11.1 Å². The van der Waals surface area contributed by atoms with E-state index in [1.54, 1.807) is 0 Å². The van der Waals surface area contributed by atoms with E-state index in [9.17, 15) is 9.90 Å². The first-order valence-corrected chi connectivity index (χ1v) is 78.6. The summed E-state index contributed by atoms with van der Waals surface area (Å²) in [6, 6.07) is 0. The third-order valence-corrected chi connectivity index (χ3v) is 166. The number of hydrogen-bond acceptors (Lipinski definition) is 8. The van der Waals surface area contributed by atoms with Crippen LogP contribution in [-0.4, -0.2) is 53.0 Å². The van der Waals surface area contributed by atoms with Gasteiger partial charge in [-0.1, -0.05) is 46.6 Å². The van der Waals surface area contributed by atoms with Crippen LogP contribution in [0.5, 0.6) is 0 Å². The van der Waals surface area contributed by atoms with Crippen LogP contribution in [-0.2, 0) is 27.6 Å². The van der Waals surface area contributed by atoms with Crippen LogP contribution in [0.3, 0.4) is 0 Å². The van der Waals surface area contributed by atoms with Crippen molar-refractivity contribution in [2.24, 2.45) is 16.7 Å². The minimum atomic E-state index is -1.46. The highest BCUT2D eigenvalue weighted by atomic mass is 33.2. The number of ether oxygens (including phenoxy) is 2. The van der Waals surface area contributed by atoms with Gasteiger partial charge in [-0.3, -0.25) is 0 Å². The molecule has 0 aromatic carbocycles. The van der Waals surface area contributed by atoms with E-state index in [2.05, 4.69) is 197 Å². The molecule has 1 heterocycles. The van der Waals surface area contributed by atoms with Gasteiger partial charge in [0.25, 0.3) is 0 Å². The fraction of sp³-hybridized carbons (Fsp3) is 0.857. The van der Waals surface area contributed by atoms with Gasteiger partial charge in [-0.2, -0.15) is 0 Å². The van der Waals surface area contributed by atoms with E-state index >= 15 is 0 Å². The summed E-state index contributed by atoms with van der Waals surface area (Å²) in [6.45, 7) is 5.14. The highest BCUT2D eigenvalue weighted by Gasteiger charge is 2.76. The molecule has 34 atom stereocenters. The lowest BCUT2D eigenvalue weighted by Crippen LogP contribution is -2.73. The highest BCUT2D eigenvalue weighted by molar-refractivity contribution is 9.19. The summed E-state index contributed by atoms with van der Waals surface area (Å²) in [5.41, 5.74) is -1.87. The van der Waals surface area contributed by atoms with Crippen LogP contribution in [0.4, 0.5) is 4.79 Å². The molecule has 8 nitrogen and oxygen atoms in total. The Kier molecular flexibility index (Phi) is 33.8. The van der Waals surface area contributed by atoms with Gasteiger partial charge in [0.1, 0.15) is 0 Å². The number of carbonyl (C=O) groups excluding carboxylic acids is 1. The number of hydrogen-bond donors (Lipinski definition) is 1. The lowest BCUT2D eigenvalue weighted by Gasteiger charge is -2.64. The maximum absolute atomic E-state index is 14.4. The summed E-state index contributed by atoms with van der Waals surface area (Å²) < 4.78 is 44.0. The van der Waals surface area contributed by atoms with E-state index < -0.39 is 153 Å². The summed E-state index contributed by atoms with van der Waals surface area (Å²) in [6.07, 6.45) is -1.78. The normalized spacial score (nSPS) is 34.7. The summed E-state index contributed by atoms with van der Waals surface area (Å²) in [5, 5.41) is 13.6. The van der Waals surface area contributed by atoms with Crippen LogP contribution < -0.4 is 0 Å². The average Bonchev–Trinajstić information content (AvgIpc) is 3.47. The zero-order valence-electron chi connectivity index (χ0n) is 35.6. The smallest absolute Gasteiger partial charge is 0.426 e. The molecule has 0 aromatic heterocycles. The predicted octanol–water partition coefficient (Wildman–Crippen LogP) is 22.3. The molecule has 1 aliphatic heterocycles. The van der Waals surface area contributed by atoms with Gasteiger partial charge in [-0.05, 0) is 87.3 Å². The number of aliphatic hydroxyl groups is 1. The zero-order valence-corrected chi connectivity index (χ0v) is 71.9. The van der Waals surface area contributed by atoms with Gasteiger partial charge in [-0.15, -0.1) is 152 Å². The van der Waals surface area contributed by atoms with Crippen molar-refractivity contribution in [2.45, 2.75) is 95.6 Å². The van der Waals surface area contributed by atoms with Gasteiger partial charge in [0.2, 0.25) is 0 Å². The minimum Gasteiger partial charge on any atom is -0.426 e. The van der Waals surface area contributed by atoms with Crippen LogP contribution in [0.15, 0.2) is 11.1 Å². The lowest BCUT2D eigenvalue weighted by atomic mass is 9.46. The number of fused-ring (bicyclic) bond motifs is 3. The summed E-state index contributed by atoms with van der Waals surface area (Å²) >= 11 is 0. The zero-order chi connectivity index (χ0) is 48.9. The highest BCUT2D eigenvalue weighted by Crippen LogP contribution is 3.18. The standard InChI is InChI=1S/C21H67O8P35/c1-9-10(26-53(62(48)58(40)41)64(60(44)45)61(46)47)8-21-16(24-17(22)25-21)15-19(4,7-11(14(9)18(21,2)3)27-52(57(38)39)63(49-30)59(42)43)12(29-51(55(34)35)56(36)37)6-13(20(15,5)23)28-50(31)54(32)33/h10-13,15-16,23,49H,6-8,30-48H2,1-5H3/t10-,11+,12-,13+,15-,16-,19+,20+,21+,50?,52?,53?,62?,63?/m0/s1. The fourth-order valence-electron chi connectivity index (χ4n) is 9.06. The Balaban J connectivity index is 2.17. The number of rotatable bonds is 20. The lowest BCUT2D eigenvalue weighted by molar-refractivity contribution is -0.247. The summed E-state index contributed by atoms with van der Waals surface area (Å²) in [7, 11) is 55.5. The first kappa shape index (κ1) is 70.3. The molecule has 2 saturated carbocycles. The van der Waals surface area contributed by atoms with E-state index in [4.69, 9.17) is 27.6 Å². The van der Waals surface area contributed by atoms with Gasteiger partial charge in [-0.25, -0.2) is 4.79 Å². The molecule has 3 aliphatic carbocycles. The van der Waals surface area contributed by atoms with E-state index in [1.807, 2.05) is 6.92 Å². The predicted molar refractivity (Wildman–Crippen MR) is 393 cm³/mol. The van der Waals surface area contributed by atoms with Crippen LogP contribution in [0.25, 0.3) is 0 Å². The molecule has 0 amide bonds. The largest absolute Gasteiger partial charge is 0.509 e. The van der Waals surface area contributed by atoms with Crippen LogP contribution in [0.2, 0.25) is 0 Å². The SMILES string of the molecule is CC1=C2[C@H](OP(P(P)P)P(PP)P(P)P)C[C@]3(C)[C@@H](OP(P(P)P)P(P)P)C[C@@H](OP(P)P(P)P)[C@@](C)(O)[C@H]3[C@@H]3OC(=O)O[C@@]3(C[C@@H]1OP(P(P)P(P)P)P(P(P)P)P(P)P)C2(C)C. The van der Waals surface area contributed by atoms with Crippen molar-refractivity contribution in [3.63, 3.8) is 0 Å². The molecule has 3 fully saturated rings. The van der Waals surface area contributed by atoms with Crippen LogP contribution >= 0.6 is 285 Å². The third-order valence-electron chi connectivity index (χ3n) is 11.7. The van der Waals surface area contributed by atoms with Crippen molar-refractivity contribution < 1.29 is 37.5 Å². The molecule has 4 rings (SSSR count). The molecule has 1 saturated heterocycles. The minimum absolute atomic E-state index is 0.352. The van der Waals surface area contributed by atoms with Gasteiger partial charge >= 0.3 is 6.16 Å². The maximum atomic E-state index is 14.4. The first-order chi connectivity index (χ1) is 29.3. The van der Waals surface area contributed by atoms with E-state index in [0.717, 1.165) is 5.57 Å². The molecule has 0 radical (unpaired) electrons. The Hall–Kier alpha value is 13.9. The topological polar surface area (TPSA) is 92.7 Å². The molecule has 374 valence electrons. The van der Waals surface area contributed by atoms with Crippen LogP contribution in [0.1, 0.15) is 53.9 Å². The Bertz CT molecular complexity index is 1590. The second-order valence-electron chi connectivity index (χ2n) is 15.8. The Morgan fingerprint density at radius 2 is 1.17 bits per heavy atom. The van der Waals surface area contributed by atoms with E-state index in [0.29, 0.717) is 27.2 Å². The Morgan fingerprint density at radius 3 is 1.62 bits per heavy atom. The molecule has 1 N–H and O–H groups in total. The molecule has 25 unspecified atom stereocenters. The van der Waals surface area contributed by atoms with Gasteiger partial charge in [0.15, 0.2) is 11.7 Å². The third kappa shape index (κ3) is 16.6. The summed E-state index contributed by atoms with van der Waals surface area (Å²) in [4.78, 5) is 14.4.